The van der Waals surface area contributed by atoms with Crippen molar-refractivity contribution in [3.63, 3.8) is 0 Å². The highest BCUT2D eigenvalue weighted by atomic mass is 28.4. The molecular formula is C20H41NO2Si2. The van der Waals surface area contributed by atoms with E-state index in [1.165, 1.54) is 0 Å². The van der Waals surface area contributed by atoms with E-state index in [9.17, 15) is 0 Å². The van der Waals surface area contributed by atoms with Crippen LogP contribution < -0.4 is 5.73 Å². The van der Waals surface area contributed by atoms with Crippen molar-refractivity contribution in [3.05, 3.63) is 12.7 Å². The van der Waals surface area contributed by atoms with Crippen molar-refractivity contribution in [1.82, 2.24) is 0 Å². The number of hydrogen-bond donors (Lipinski definition) is 1. The summed E-state index contributed by atoms with van der Waals surface area (Å²) >= 11 is 0. The van der Waals surface area contributed by atoms with E-state index in [1.807, 2.05) is 6.08 Å². The first-order valence-electron chi connectivity index (χ1n) is 9.17. The van der Waals surface area contributed by atoms with Crippen LogP contribution in [0.25, 0.3) is 0 Å². The lowest BCUT2D eigenvalue weighted by Gasteiger charge is -2.44. The molecule has 3 nitrogen and oxygen atoms in total. The molecule has 0 heterocycles. The van der Waals surface area contributed by atoms with E-state index in [1.54, 1.807) is 0 Å². The van der Waals surface area contributed by atoms with Crippen molar-refractivity contribution in [2.24, 2.45) is 5.73 Å². The molecule has 0 aliphatic carbocycles. The largest absolute Gasteiger partial charge is 0.411 e. The van der Waals surface area contributed by atoms with Crippen LogP contribution in [0.4, 0.5) is 0 Å². The summed E-state index contributed by atoms with van der Waals surface area (Å²) in [6.07, 6.45) is 7.42. The highest BCUT2D eigenvalue weighted by molar-refractivity contribution is 6.74. The minimum absolute atomic E-state index is 0.101. The van der Waals surface area contributed by atoms with E-state index in [0.29, 0.717) is 6.42 Å². The fraction of sp³-hybridized carbons (Fsp3) is 0.800. The van der Waals surface area contributed by atoms with Crippen LogP contribution in [0.15, 0.2) is 12.7 Å². The molecule has 0 unspecified atom stereocenters. The van der Waals surface area contributed by atoms with Gasteiger partial charge in [-0.05, 0) is 36.3 Å². The van der Waals surface area contributed by atoms with Crippen molar-refractivity contribution < 1.29 is 8.85 Å². The standard InChI is InChI=1S/C20H41NO2Si2/c1-13-15-17(23-25(11,12)20(6,7)8)18(21)16(14-2)22-24(9,10)19(3,4)5/h1,14,16-18H,2,15,21H2,3-12H3/t16-,17-,18+/m1/s1. The van der Waals surface area contributed by atoms with Gasteiger partial charge in [0.05, 0.1) is 18.2 Å². The second-order valence-corrected chi connectivity index (χ2v) is 19.5. The molecule has 0 aliphatic rings. The SMILES string of the molecule is C#CC[C@@H](O[Si](C)(C)C(C)(C)C)[C@@H](N)[C@@H](C=C)O[Si](C)(C)C(C)(C)C. The Bertz CT molecular complexity index is 481. The Morgan fingerprint density at radius 3 is 1.72 bits per heavy atom. The third-order valence-electron chi connectivity index (χ3n) is 5.85. The zero-order valence-corrected chi connectivity index (χ0v) is 20.2. The van der Waals surface area contributed by atoms with Gasteiger partial charge in [-0.1, -0.05) is 47.6 Å². The Morgan fingerprint density at radius 2 is 1.40 bits per heavy atom. The van der Waals surface area contributed by atoms with Crippen LogP contribution in [0.3, 0.4) is 0 Å². The average molecular weight is 384 g/mol. The second kappa shape index (κ2) is 8.54. The summed E-state index contributed by atoms with van der Waals surface area (Å²) in [7, 11) is -3.94. The third-order valence-corrected chi connectivity index (χ3v) is 14.8. The molecule has 0 fully saturated rings. The van der Waals surface area contributed by atoms with Crippen molar-refractivity contribution in [3.8, 4) is 12.3 Å². The molecule has 0 saturated carbocycles. The van der Waals surface area contributed by atoms with Gasteiger partial charge in [-0.3, -0.25) is 0 Å². The topological polar surface area (TPSA) is 44.5 Å². The fourth-order valence-electron chi connectivity index (χ4n) is 1.94. The summed E-state index contributed by atoms with van der Waals surface area (Å²) in [6.45, 7) is 26.2. The molecule has 2 N–H and O–H groups in total. The van der Waals surface area contributed by atoms with Gasteiger partial charge in [0.15, 0.2) is 16.6 Å². The highest BCUT2D eigenvalue weighted by Gasteiger charge is 2.43. The summed E-state index contributed by atoms with van der Waals surface area (Å²) in [4.78, 5) is 0. The van der Waals surface area contributed by atoms with Crippen LogP contribution >= 0.6 is 0 Å². The summed E-state index contributed by atoms with van der Waals surface area (Å²) in [5.41, 5.74) is 6.59. The van der Waals surface area contributed by atoms with Gasteiger partial charge in [-0.25, -0.2) is 0 Å². The van der Waals surface area contributed by atoms with E-state index < -0.39 is 16.6 Å². The second-order valence-electron chi connectivity index (χ2n) is 9.98. The smallest absolute Gasteiger partial charge is 0.192 e. The monoisotopic (exact) mass is 383 g/mol. The predicted molar refractivity (Wildman–Crippen MR) is 116 cm³/mol. The van der Waals surface area contributed by atoms with Crippen molar-refractivity contribution in [2.75, 3.05) is 0 Å². The zero-order chi connectivity index (χ0) is 20.3. The van der Waals surface area contributed by atoms with E-state index in [-0.39, 0.29) is 28.3 Å². The molecule has 0 amide bonds. The Kier molecular flexibility index (Phi) is 8.40. The van der Waals surface area contributed by atoms with E-state index >= 15 is 0 Å². The minimum atomic E-state index is -1.98. The van der Waals surface area contributed by atoms with Crippen LogP contribution in [0, 0.1) is 12.3 Å². The molecule has 0 aromatic rings. The molecule has 0 saturated heterocycles. The van der Waals surface area contributed by atoms with Crippen LogP contribution in [0.5, 0.6) is 0 Å². The average Bonchev–Trinajstić information content (AvgIpc) is 2.40. The number of hydrogen-bond acceptors (Lipinski definition) is 3. The molecule has 5 heteroatoms. The quantitative estimate of drug-likeness (QED) is 0.351. The van der Waals surface area contributed by atoms with Gasteiger partial charge < -0.3 is 14.6 Å². The molecule has 0 rings (SSSR count). The lowest BCUT2D eigenvalue weighted by molar-refractivity contribution is 0.0928. The molecule has 0 aromatic carbocycles. The van der Waals surface area contributed by atoms with Gasteiger partial charge in [-0.15, -0.1) is 18.9 Å². The normalized spacial score (nSPS) is 17.5. The molecule has 0 bridgehead atoms. The van der Waals surface area contributed by atoms with Crippen molar-refractivity contribution in [1.29, 1.82) is 0 Å². The lowest BCUT2D eigenvalue weighted by atomic mass is 10.0. The fourth-order valence-corrected chi connectivity index (χ4v) is 4.58. The Balaban J connectivity index is 5.47. The van der Waals surface area contributed by atoms with E-state index in [4.69, 9.17) is 21.0 Å². The summed E-state index contributed by atoms with van der Waals surface area (Å²) in [5.74, 6) is 2.73. The van der Waals surface area contributed by atoms with Crippen molar-refractivity contribution >= 4 is 16.6 Å². The maximum atomic E-state index is 6.59. The minimum Gasteiger partial charge on any atom is -0.411 e. The molecule has 0 radical (unpaired) electrons. The van der Waals surface area contributed by atoms with Crippen LogP contribution in [-0.4, -0.2) is 34.9 Å². The van der Waals surface area contributed by atoms with Gasteiger partial charge >= 0.3 is 0 Å². The summed E-state index contributed by atoms with van der Waals surface area (Å²) in [6, 6.07) is -0.322. The molecule has 0 aliphatic heterocycles. The number of terminal acetylenes is 1. The number of nitrogens with two attached hydrogens (primary N) is 1. The summed E-state index contributed by atoms with van der Waals surface area (Å²) in [5, 5.41) is 0.208. The number of rotatable bonds is 8. The maximum absolute atomic E-state index is 6.59. The molecule has 146 valence electrons. The van der Waals surface area contributed by atoms with E-state index in [2.05, 4.69) is 80.2 Å². The zero-order valence-electron chi connectivity index (χ0n) is 18.2. The molecule has 0 aromatic heterocycles. The highest BCUT2D eigenvalue weighted by Crippen LogP contribution is 2.40. The predicted octanol–water partition coefficient (Wildman–Crippen LogP) is 5.30. The summed E-state index contributed by atoms with van der Waals surface area (Å²) < 4.78 is 13.0. The van der Waals surface area contributed by atoms with Crippen LogP contribution in [0.2, 0.25) is 36.3 Å². The third kappa shape index (κ3) is 6.69. The van der Waals surface area contributed by atoms with E-state index in [0.717, 1.165) is 0 Å². The van der Waals surface area contributed by atoms with Gasteiger partial charge in [0.2, 0.25) is 0 Å². The molecule has 25 heavy (non-hydrogen) atoms. The Hall–Kier alpha value is -0.386. The first-order chi connectivity index (χ1) is 11.0. The lowest BCUT2D eigenvalue weighted by Crippen LogP contribution is -2.56. The van der Waals surface area contributed by atoms with Crippen LogP contribution in [-0.2, 0) is 8.85 Å². The van der Waals surface area contributed by atoms with Gasteiger partial charge in [0.1, 0.15) is 0 Å². The van der Waals surface area contributed by atoms with Gasteiger partial charge in [0, 0.05) is 6.42 Å². The molecule has 0 spiro atoms. The maximum Gasteiger partial charge on any atom is 0.192 e. The molecular weight excluding hydrogens is 342 g/mol. The van der Waals surface area contributed by atoms with Crippen molar-refractivity contribution in [2.45, 2.75) is 102 Å². The molecule has 3 atom stereocenters. The van der Waals surface area contributed by atoms with Gasteiger partial charge in [0.25, 0.3) is 0 Å². The Labute approximate surface area is 159 Å². The first-order valence-corrected chi connectivity index (χ1v) is 15.0. The Morgan fingerprint density at radius 1 is 1.00 bits per heavy atom. The van der Waals surface area contributed by atoms with Gasteiger partial charge in [-0.2, -0.15) is 0 Å². The van der Waals surface area contributed by atoms with Crippen LogP contribution in [0.1, 0.15) is 48.0 Å². The first kappa shape index (κ1) is 24.6.